The van der Waals surface area contributed by atoms with Crippen molar-refractivity contribution in [2.75, 3.05) is 6.54 Å². The van der Waals surface area contributed by atoms with Crippen LogP contribution in [0, 0.1) is 0 Å². The summed E-state index contributed by atoms with van der Waals surface area (Å²) in [5, 5.41) is 20.5. The van der Waals surface area contributed by atoms with Crippen molar-refractivity contribution in [3.63, 3.8) is 0 Å². The number of aliphatic hydroxyl groups excluding tert-OH is 1. The van der Waals surface area contributed by atoms with E-state index in [9.17, 15) is 14.7 Å². The van der Waals surface area contributed by atoms with E-state index in [1.807, 2.05) is 6.92 Å². The zero-order chi connectivity index (χ0) is 13.0. The van der Waals surface area contributed by atoms with E-state index in [0.29, 0.717) is 6.54 Å². The molecule has 3 N–H and O–H groups in total. The van der Waals surface area contributed by atoms with E-state index in [-0.39, 0.29) is 6.04 Å². The van der Waals surface area contributed by atoms with Gasteiger partial charge in [-0.1, -0.05) is 6.92 Å². The molecule has 0 aromatic rings. The number of nitrogens with one attached hydrogen (secondary N) is 1. The number of aliphatic carboxylic acids is 1. The molecule has 2 unspecified atom stereocenters. The molecule has 0 radical (unpaired) electrons. The van der Waals surface area contributed by atoms with Gasteiger partial charge in [0.05, 0.1) is 6.10 Å². The Morgan fingerprint density at radius 1 is 1.47 bits per heavy atom. The quantitative estimate of drug-likeness (QED) is 0.631. The van der Waals surface area contributed by atoms with Crippen LogP contribution in [0.5, 0.6) is 0 Å². The van der Waals surface area contributed by atoms with Gasteiger partial charge in [-0.2, -0.15) is 0 Å². The van der Waals surface area contributed by atoms with Gasteiger partial charge in [-0.05, 0) is 26.2 Å². The fourth-order valence-electron chi connectivity index (χ4n) is 1.68. The summed E-state index contributed by atoms with van der Waals surface area (Å²) in [6.45, 7) is 3.93. The van der Waals surface area contributed by atoms with Crippen molar-refractivity contribution in [2.45, 2.75) is 51.3 Å². The van der Waals surface area contributed by atoms with E-state index >= 15 is 0 Å². The van der Waals surface area contributed by atoms with E-state index in [2.05, 4.69) is 5.32 Å². The normalized spacial score (nSPS) is 18.3. The first kappa shape index (κ1) is 13.8. The van der Waals surface area contributed by atoms with Crippen LogP contribution in [-0.4, -0.2) is 51.8 Å². The number of carboxylic acid groups (broad SMARTS) is 1. The predicted octanol–water partition coefficient (Wildman–Crippen LogP) is 0.404. The zero-order valence-corrected chi connectivity index (χ0v) is 10.2. The van der Waals surface area contributed by atoms with Gasteiger partial charge in [-0.3, -0.25) is 0 Å². The summed E-state index contributed by atoms with van der Waals surface area (Å²) in [5.74, 6) is -1.22. The first-order valence-electron chi connectivity index (χ1n) is 5.95. The van der Waals surface area contributed by atoms with Crippen LogP contribution in [-0.2, 0) is 4.79 Å². The van der Waals surface area contributed by atoms with Gasteiger partial charge in [0.25, 0.3) is 0 Å². The smallest absolute Gasteiger partial charge is 0.328 e. The molecule has 1 fully saturated rings. The maximum atomic E-state index is 11.9. The molecular weight excluding hydrogens is 224 g/mol. The minimum Gasteiger partial charge on any atom is -0.480 e. The average molecular weight is 244 g/mol. The molecule has 2 atom stereocenters. The van der Waals surface area contributed by atoms with Crippen molar-refractivity contribution < 1.29 is 19.8 Å². The van der Waals surface area contributed by atoms with Crippen molar-refractivity contribution in [3.05, 3.63) is 0 Å². The Bertz CT molecular complexity index is 289. The topological polar surface area (TPSA) is 89.9 Å². The Hall–Kier alpha value is -1.30. The second-order valence-corrected chi connectivity index (χ2v) is 4.43. The molecule has 0 bridgehead atoms. The Balaban J connectivity index is 2.57. The number of urea groups is 1. The van der Waals surface area contributed by atoms with Crippen LogP contribution < -0.4 is 5.32 Å². The maximum absolute atomic E-state index is 11.9. The summed E-state index contributed by atoms with van der Waals surface area (Å²) in [6, 6.07) is -1.42. The van der Waals surface area contributed by atoms with Crippen molar-refractivity contribution in [1.29, 1.82) is 0 Å². The lowest BCUT2D eigenvalue weighted by Gasteiger charge is -2.25. The highest BCUT2D eigenvalue weighted by molar-refractivity contribution is 5.83. The van der Waals surface area contributed by atoms with E-state index in [0.717, 1.165) is 19.3 Å². The number of nitrogens with zero attached hydrogens (tertiary/aromatic N) is 1. The number of hydrogen-bond acceptors (Lipinski definition) is 3. The standard InChI is InChI=1S/C11H20N2O4/c1-3-6-13(8-4-5-8)11(17)12-9(7(2)14)10(15)16/h7-9,14H,3-6H2,1-2H3,(H,12,17)(H,15,16). The highest BCUT2D eigenvalue weighted by Gasteiger charge is 2.34. The Kier molecular flexibility index (Phi) is 4.74. The summed E-state index contributed by atoms with van der Waals surface area (Å²) in [5.41, 5.74) is 0. The van der Waals surface area contributed by atoms with Gasteiger partial charge in [0.2, 0.25) is 0 Å². The van der Waals surface area contributed by atoms with Crippen molar-refractivity contribution >= 4 is 12.0 Å². The molecule has 1 aliphatic carbocycles. The molecule has 6 nitrogen and oxygen atoms in total. The molecule has 0 aromatic heterocycles. The van der Waals surface area contributed by atoms with Crippen molar-refractivity contribution in [2.24, 2.45) is 0 Å². The molecule has 6 heteroatoms. The van der Waals surface area contributed by atoms with Gasteiger partial charge in [0.1, 0.15) is 0 Å². The second kappa shape index (κ2) is 5.86. The predicted molar refractivity (Wildman–Crippen MR) is 61.7 cm³/mol. The molecule has 2 amide bonds. The summed E-state index contributed by atoms with van der Waals surface area (Å²) >= 11 is 0. The van der Waals surface area contributed by atoms with E-state index < -0.39 is 24.1 Å². The fourth-order valence-corrected chi connectivity index (χ4v) is 1.68. The lowest BCUT2D eigenvalue weighted by atomic mass is 10.2. The summed E-state index contributed by atoms with van der Waals surface area (Å²) in [7, 11) is 0. The lowest BCUT2D eigenvalue weighted by Crippen LogP contribution is -2.53. The Labute approximate surface area is 101 Å². The Morgan fingerprint density at radius 2 is 2.06 bits per heavy atom. The summed E-state index contributed by atoms with van der Waals surface area (Å²) in [6.07, 6.45) is 1.66. The van der Waals surface area contributed by atoms with Gasteiger partial charge < -0.3 is 20.4 Å². The SMILES string of the molecule is CCCN(C(=O)NC(C(=O)O)C(C)O)C1CC1. The van der Waals surface area contributed by atoms with Crippen LogP contribution in [0.1, 0.15) is 33.1 Å². The molecule has 17 heavy (non-hydrogen) atoms. The molecule has 98 valence electrons. The lowest BCUT2D eigenvalue weighted by molar-refractivity contribution is -0.141. The minimum absolute atomic E-state index is 0.235. The third-order valence-electron chi connectivity index (χ3n) is 2.74. The number of aliphatic hydroxyl groups is 1. The number of carbonyl (C=O) groups is 2. The van der Waals surface area contributed by atoms with Crippen LogP contribution in [0.25, 0.3) is 0 Å². The number of rotatable bonds is 6. The highest BCUT2D eigenvalue weighted by atomic mass is 16.4. The van der Waals surface area contributed by atoms with Crippen molar-refractivity contribution in [3.8, 4) is 0 Å². The third-order valence-corrected chi connectivity index (χ3v) is 2.74. The fraction of sp³-hybridized carbons (Fsp3) is 0.818. The third kappa shape index (κ3) is 3.89. The van der Waals surface area contributed by atoms with Crippen LogP contribution in [0.3, 0.4) is 0 Å². The largest absolute Gasteiger partial charge is 0.480 e. The van der Waals surface area contributed by atoms with Crippen LogP contribution >= 0.6 is 0 Å². The Morgan fingerprint density at radius 3 is 2.41 bits per heavy atom. The molecule has 1 rings (SSSR count). The number of hydrogen-bond donors (Lipinski definition) is 3. The second-order valence-electron chi connectivity index (χ2n) is 4.43. The number of amides is 2. The van der Waals surface area contributed by atoms with Gasteiger partial charge >= 0.3 is 12.0 Å². The van der Waals surface area contributed by atoms with E-state index in [1.54, 1.807) is 4.90 Å². The minimum atomic E-state index is -1.25. The first-order chi connectivity index (χ1) is 7.97. The van der Waals surface area contributed by atoms with Gasteiger partial charge in [0, 0.05) is 12.6 Å². The van der Waals surface area contributed by atoms with Crippen LogP contribution in [0.2, 0.25) is 0 Å². The zero-order valence-electron chi connectivity index (χ0n) is 10.2. The molecule has 0 aliphatic heterocycles. The maximum Gasteiger partial charge on any atom is 0.328 e. The van der Waals surface area contributed by atoms with Crippen molar-refractivity contribution in [1.82, 2.24) is 10.2 Å². The van der Waals surface area contributed by atoms with Gasteiger partial charge in [-0.25, -0.2) is 9.59 Å². The van der Waals surface area contributed by atoms with Crippen LogP contribution in [0.15, 0.2) is 0 Å². The monoisotopic (exact) mass is 244 g/mol. The van der Waals surface area contributed by atoms with E-state index in [1.165, 1.54) is 6.92 Å². The molecule has 0 heterocycles. The number of carbonyl (C=O) groups excluding carboxylic acids is 1. The molecular formula is C11H20N2O4. The summed E-state index contributed by atoms with van der Waals surface area (Å²) in [4.78, 5) is 24.4. The summed E-state index contributed by atoms with van der Waals surface area (Å²) < 4.78 is 0. The molecule has 0 aromatic carbocycles. The van der Waals surface area contributed by atoms with Gasteiger partial charge in [-0.15, -0.1) is 0 Å². The molecule has 0 saturated heterocycles. The van der Waals surface area contributed by atoms with Crippen LogP contribution in [0.4, 0.5) is 4.79 Å². The molecule has 1 aliphatic rings. The van der Waals surface area contributed by atoms with E-state index in [4.69, 9.17) is 5.11 Å². The first-order valence-corrected chi connectivity index (χ1v) is 5.95. The molecule has 0 spiro atoms. The molecule has 1 saturated carbocycles. The van der Waals surface area contributed by atoms with Gasteiger partial charge in [0.15, 0.2) is 6.04 Å². The number of carboxylic acids is 1. The highest BCUT2D eigenvalue weighted by Crippen LogP contribution is 2.26. The average Bonchev–Trinajstić information content (AvgIpc) is 3.04.